The van der Waals surface area contributed by atoms with Gasteiger partial charge in [-0.1, -0.05) is 24.8 Å². The Labute approximate surface area is 195 Å². The van der Waals surface area contributed by atoms with Gasteiger partial charge in [-0.05, 0) is 75.3 Å². The Morgan fingerprint density at radius 1 is 1.39 bits per heavy atom. The minimum absolute atomic E-state index is 0.113. The Kier molecular flexibility index (Phi) is 6.28. The zero-order valence-corrected chi connectivity index (χ0v) is 19.8. The van der Waals surface area contributed by atoms with Gasteiger partial charge < -0.3 is 14.2 Å². The van der Waals surface area contributed by atoms with E-state index in [2.05, 4.69) is 23.7 Å². The maximum absolute atomic E-state index is 13.7. The van der Waals surface area contributed by atoms with Crippen molar-refractivity contribution in [2.75, 3.05) is 13.7 Å². The molecule has 3 atom stereocenters. The van der Waals surface area contributed by atoms with Crippen LogP contribution in [0.15, 0.2) is 66.9 Å². The molecule has 4 rings (SSSR count). The lowest BCUT2D eigenvalue weighted by Crippen LogP contribution is -2.48. The molecule has 0 N–H and O–H groups in total. The summed E-state index contributed by atoms with van der Waals surface area (Å²) in [6.07, 6.45) is 11.5. The Morgan fingerprint density at radius 3 is 2.82 bits per heavy atom. The predicted molar refractivity (Wildman–Crippen MR) is 128 cm³/mol. The number of benzene rings is 1. The van der Waals surface area contributed by atoms with Crippen molar-refractivity contribution >= 4 is 5.91 Å². The highest BCUT2D eigenvalue weighted by Gasteiger charge is 2.62. The molecule has 2 heterocycles. The molecule has 1 amide bonds. The number of imidazole rings is 1. The molecule has 2 fully saturated rings. The quantitative estimate of drug-likeness (QED) is 0.513. The van der Waals surface area contributed by atoms with Crippen molar-refractivity contribution < 1.29 is 13.9 Å². The monoisotopic (exact) mass is 449 g/mol. The number of likely N-dealkylation sites (tertiary alicyclic amines) is 1. The van der Waals surface area contributed by atoms with E-state index in [1.165, 1.54) is 6.08 Å². The van der Waals surface area contributed by atoms with Crippen molar-refractivity contribution in [3.8, 4) is 11.4 Å². The third-order valence-electron chi connectivity index (χ3n) is 7.12. The lowest BCUT2D eigenvalue weighted by Gasteiger charge is -2.38. The van der Waals surface area contributed by atoms with Gasteiger partial charge in [0.05, 0.1) is 36.3 Å². The third-order valence-corrected chi connectivity index (χ3v) is 7.12. The second-order valence-electron chi connectivity index (χ2n) is 9.11. The summed E-state index contributed by atoms with van der Waals surface area (Å²) in [4.78, 5) is 19.9. The molecule has 5 nitrogen and oxygen atoms in total. The molecule has 1 saturated heterocycles. The van der Waals surface area contributed by atoms with Gasteiger partial charge in [0, 0.05) is 12.7 Å². The number of aromatic nitrogens is 2. The van der Waals surface area contributed by atoms with Crippen LogP contribution in [-0.2, 0) is 4.79 Å². The summed E-state index contributed by atoms with van der Waals surface area (Å²) in [5, 5.41) is 0. The Balaban J connectivity index is 1.56. The summed E-state index contributed by atoms with van der Waals surface area (Å²) in [6, 6.07) is 6.10. The van der Waals surface area contributed by atoms with Gasteiger partial charge in [0.15, 0.2) is 0 Å². The molecule has 1 aliphatic heterocycles. The van der Waals surface area contributed by atoms with E-state index in [0.29, 0.717) is 0 Å². The normalized spacial score (nSPS) is 23.9. The fraction of sp³-hybridized carbons (Fsp3) is 0.407. The molecule has 1 aliphatic carbocycles. The Bertz CT molecular complexity index is 1130. The van der Waals surface area contributed by atoms with Gasteiger partial charge in [-0.2, -0.15) is 0 Å². The smallest absolute Gasteiger partial charge is 0.229 e. The number of hydrogen-bond donors (Lipinski definition) is 0. The van der Waals surface area contributed by atoms with Crippen LogP contribution in [0.3, 0.4) is 0 Å². The largest absolute Gasteiger partial charge is 0.495 e. The number of amides is 1. The molecular weight excluding hydrogens is 417 g/mol. The van der Waals surface area contributed by atoms with Crippen LogP contribution in [-0.4, -0.2) is 40.1 Å². The summed E-state index contributed by atoms with van der Waals surface area (Å²) in [5.41, 5.74) is 3.57. The molecule has 3 unspecified atom stereocenters. The van der Waals surface area contributed by atoms with Gasteiger partial charge in [0.1, 0.15) is 11.6 Å². The zero-order chi connectivity index (χ0) is 23.8. The molecule has 174 valence electrons. The van der Waals surface area contributed by atoms with Gasteiger partial charge in [0.2, 0.25) is 5.91 Å². The molecule has 2 aliphatic rings. The summed E-state index contributed by atoms with van der Waals surface area (Å²) in [7, 11) is 1.67. The molecule has 6 heteroatoms. The lowest BCUT2D eigenvalue weighted by molar-refractivity contribution is -0.141. The summed E-state index contributed by atoms with van der Waals surface area (Å²) >= 11 is 0. The number of piperidine rings is 1. The number of hydrogen-bond acceptors (Lipinski definition) is 3. The minimum Gasteiger partial charge on any atom is -0.495 e. The van der Waals surface area contributed by atoms with E-state index < -0.39 is 5.83 Å². The third kappa shape index (κ3) is 4.26. The molecule has 0 radical (unpaired) electrons. The molecular formula is C27H32FN3O2. The number of ether oxygens (including phenoxy) is 1. The average Bonchev–Trinajstić information content (AvgIpc) is 3.36. The maximum atomic E-state index is 13.7. The van der Waals surface area contributed by atoms with E-state index in [1.54, 1.807) is 19.5 Å². The number of halogens is 1. The first-order valence-corrected chi connectivity index (χ1v) is 11.5. The lowest BCUT2D eigenvalue weighted by atomic mass is 9.87. The van der Waals surface area contributed by atoms with Crippen molar-refractivity contribution in [1.29, 1.82) is 0 Å². The Hall–Kier alpha value is -3.15. The van der Waals surface area contributed by atoms with Gasteiger partial charge in [-0.3, -0.25) is 4.79 Å². The van der Waals surface area contributed by atoms with Crippen LogP contribution in [0.5, 0.6) is 5.75 Å². The van der Waals surface area contributed by atoms with Crippen molar-refractivity contribution in [1.82, 2.24) is 14.5 Å². The van der Waals surface area contributed by atoms with Gasteiger partial charge in [-0.15, -0.1) is 0 Å². The topological polar surface area (TPSA) is 47.4 Å². The average molecular weight is 450 g/mol. The number of methoxy groups -OCH3 is 1. The van der Waals surface area contributed by atoms with E-state index in [9.17, 15) is 9.18 Å². The van der Waals surface area contributed by atoms with Crippen LogP contribution < -0.4 is 4.74 Å². The Morgan fingerprint density at radius 2 is 2.18 bits per heavy atom. The van der Waals surface area contributed by atoms with Crippen molar-refractivity contribution in [3.63, 3.8) is 0 Å². The molecule has 1 saturated carbocycles. The van der Waals surface area contributed by atoms with Crippen LogP contribution in [0.25, 0.3) is 5.69 Å². The second-order valence-corrected chi connectivity index (χ2v) is 9.11. The molecule has 33 heavy (non-hydrogen) atoms. The fourth-order valence-electron chi connectivity index (χ4n) is 5.20. The second kappa shape index (κ2) is 9.00. The number of aryl methyl sites for hydroxylation is 1. The highest BCUT2D eigenvalue weighted by molar-refractivity contribution is 5.89. The summed E-state index contributed by atoms with van der Waals surface area (Å²) < 4.78 is 20.8. The first-order chi connectivity index (χ1) is 15.8. The van der Waals surface area contributed by atoms with Crippen LogP contribution in [0.4, 0.5) is 4.39 Å². The van der Waals surface area contributed by atoms with Crippen LogP contribution in [0.2, 0.25) is 0 Å². The molecule has 1 aromatic heterocycles. The van der Waals surface area contributed by atoms with E-state index in [1.807, 2.05) is 48.6 Å². The van der Waals surface area contributed by atoms with Gasteiger partial charge >= 0.3 is 0 Å². The minimum atomic E-state index is -0.492. The number of carbonyl (C=O) groups excluding carboxylic acids is 1. The van der Waals surface area contributed by atoms with Crippen LogP contribution >= 0.6 is 0 Å². The van der Waals surface area contributed by atoms with Gasteiger partial charge in [0.25, 0.3) is 0 Å². The number of carbonyl (C=O) groups is 1. The van der Waals surface area contributed by atoms with E-state index in [4.69, 9.17) is 4.74 Å². The van der Waals surface area contributed by atoms with E-state index in [-0.39, 0.29) is 23.3 Å². The van der Waals surface area contributed by atoms with Crippen LogP contribution in [0.1, 0.15) is 50.3 Å². The number of allylic oxidation sites excluding steroid dienone is 3. The van der Waals surface area contributed by atoms with Crippen molar-refractivity contribution in [2.24, 2.45) is 5.41 Å². The predicted octanol–water partition coefficient (Wildman–Crippen LogP) is 5.66. The molecule has 1 spiro atoms. The summed E-state index contributed by atoms with van der Waals surface area (Å²) in [6.45, 7) is 9.89. The van der Waals surface area contributed by atoms with Crippen molar-refractivity contribution in [2.45, 2.75) is 52.0 Å². The SMILES string of the molecule is C=C(F)/C=C\C(=CC)C(C)N1CCCC2(CC2c2ccc(-n3cnc(C)c3)c(OC)c2)C1=O. The molecule has 0 bridgehead atoms. The first-order valence-electron chi connectivity index (χ1n) is 11.5. The zero-order valence-electron chi connectivity index (χ0n) is 19.8. The highest BCUT2D eigenvalue weighted by atomic mass is 19.1. The van der Waals surface area contributed by atoms with E-state index in [0.717, 1.165) is 54.1 Å². The standard InChI is InChI=1S/C27H32FN3O2/c1-6-21(9-8-18(2)28)20(4)31-13-7-12-27(26(31)32)15-23(27)22-10-11-24(25(14-22)33-5)30-16-19(3)29-17-30/h6,8-11,14,16-17,20,23H,2,7,12-13,15H2,1,3-5H3/b9-8-,21-6?. The maximum Gasteiger partial charge on any atom is 0.229 e. The fourth-order valence-corrected chi connectivity index (χ4v) is 5.20. The van der Waals surface area contributed by atoms with E-state index >= 15 is 0 Å². The van der Waals surface area contributed by atoms with Crippen LogP contribution in [0, 0.1) is 12.3 Å². The highest BCUT2D eigenvalue weighted by Crippen LogP contribution is 2.64. The summed E-state index contributed by atoms with van der Waals surface area (Å²) in [5.74, 6) is 0.663. The van der Waals surface area contributed by atoms with Gasteiger partial charge in [-0.25, -0.2) is 9.37 Å². The molecule has 2 aromatic rings. The number of rotatable bonds is 7. The molecule has 1 aromatic carbocycles. The van der Waals surface area contributed by atoms with Crippen molar-refractivity contribution in [3.05, 3.63) is 78.2 Å². The number of nitrogens with zero attached hydrogens (tertiary/aromatic N) is 3. The first kappa shape index (κ1) is 23.0.